The highest BCUT2D eigenvalue weighted by Crippen LogP contribution is 2.04. The summed E-state index contributed by atoms with van der Waals surface area (Å²) in [5, 5.41) is 9.99. The van der Waals surface area contributed by atoms with Gasteiger partial charge in [-0.2, -0.15) is 0 Å². The van der Waals surface area contributed by atoms with Crippen molar-refractivity contribution in [1.29, 1.82) is 0 Å². The molecule has 0 radical (unpaired) electrons. The van der Waals surface area contributed by atoms with Gasteiger partial charge in [-0.05, 0) is 35.4 Å². The third kappa shape index (κ3) is 7.97. The summed E-state index contributed by atoms with van der Waals surface area (Å²) in [4.78, 5) is 46.0. The zero-order valence-corrected chi connectivity index (χ0v) is 16.0. The summed E-state index contributed by atoms with van der Waals surface area (Å²) >= 11 is 0. The number of halogens is 1. The number of carbonyl (C=O) groups excluding carboxylic acids is 4. The van der Waals surface area contributed by atoms with Gasteiger partial charge in [-0.1, -0.05) is 24.3 Å². The molecular formula is C20H22FN5O4. The average molecular weight is 415 g/mol. The van der Waals surface area contributed by atoms with E-state index in [1.54, 1.807) is 36.4 Å². The van der Waals surface area contributed by atoms with Crippen molar-refractivity contribution >= 4 is 23.8 Å². The molecule has 5 amide bonds. The molecule has 0 fully saturated rings. The zero-order chi connectivity index (χ0) is 21.9. The highest BCUT2D eigenvalue weighted by Gasteiger charge is 2.08. The van der Waals surface area contributed by atoms with Gasteiger partial charge in [0.25, 0.3) is 5.91 Å². The monoisotopic (exact) mass is 415 g/mol. The molecule has 0 aliphatic heterocycles. The van der Waals surface area contributed by atoms with Gasteiger partial charge in [0, 0.05) is 18.7 Å². The standard InChI is InChI=1S/C20H22FN5O4/c21-16-7-3-14(4-8-16)10-25-20(30)26-12-18(28)23-9-13-1-5-15(6-2-13)19(29)24-11-17(22)27/h1-8H,9-12H2,(H2,22,27)(H,23,28)(H,24,29)(H2,25,26,30). The van der Waals surface area contributed by atoms with Crippen molar-refractivity contribution in [3.63, 3.8) is 0 Å². The molecule has 0 saturated heterocycles. The fraction of sp³-hybridized carbons (Fsp3) is 0.200. The fourth-order valence-corrected chi connectivity index (χ4v) is 2.31. The van der Waals surface area contributed by atoms with Crippen LogP contribution >= 0.6 is 0 Å². The summed E-state index contributed by atoms with van der Waals surface area (Å²) < 4.78 is 12.8. The van der Waals surface area contributed by atoms with Crippen molar-refractivity contribution in [2.24, 2.45) is 5.73 Å². The Morgan fingerprint density at radius 2 is 1.30 bits per heavy atom. The summed E-state index contributed by atoms with van der Waals surface area (Å²) in [6.45, 7) is -0.0576. The summed E-state index contributed by atoms with van der Waals surface area (Å²) in [7, 11) is 0. The first-order valence-electron chi connectivity index (χ1n) is 9.02. The lowest BCUT2D eigenvalue weighted by molar-refractivity contribution is -0.120. The third-order valence-corrected chi connectivity index (χ3v) is 3.90. The van der Waals surface area contributed by atoms with Crippen LogP contribution in [0.2, 0.25) is 0 Å². The van der Waals surface area contributed by atoms with E-state index in [1.165, 1.54) is 12.1 Å². The quantitative estimate of drug-likeness (QED) is 0.397. The van der Waals surface area contributed by atoms with E-state index in [9.17, 15) is 23.6 Å². The molecule has 0 spiro atoms. The van der Waals surface area contributed by atoms with Crippen LogP contribution in [0.3, 0.4) is 0 Å². The lowest BCUT2D eigenvalue weighted by Gasteiger charge is -2.09. The van der Waals surface area contributed by atoms with E-state index < -0.39 is 23.8 Å². The number of hydrogen-bond acceptors (Lipinski definition) is 4. The number of nitrogens with one attached hydrogen (secondary N) is 4. The Labute approximate surface area is 172 Å². The first kappa shape index (κ1) is 22.3. The predicted molar refractivity (Wildman–Crippen MR) is 106 cm³/mol. The highest BCUT2D eigenvalue weighted by atomic mass is 19.1. The molecule has 30 heavy (non-hydrogen) atoms. The van der Waals surface area contributed by atoms with Crippen LogP contribution in [0.1, 0.15) is 21.5 Å². The molecule has 0 heterocycles. The predicted octanol–water partition coefficient (Wildman–Crippen LogP) is 0.156. The minimum Gasteiger partial charge on any atom is -0.368 e. The summed E-state index contributed by atoms with van der Waals surface area (Å²) in [5.74, 6) is -1.82. The van der Waals surface area contributed by atoms with Gasteiger partial charge in [0.1, 0.15) is 5.82 Å². The lowest BCUT2D eigenvalue weighted by Crippen LogP contribution is -2.41. The van der Waals surface area contributed by atoms with E-state index >= 15 is 0 Å². The van der Waals surface area contributed by atoms with Crippen LogP contribution in [0, 0.1) is 5.82 Å². The van der Waals surface area contributed by atoms with E-state index in [-0.39, 0.29) is 32.0 Å². The highest BCUT2D eigenvalue weighted by molar-refractivity contribution is 5.96. The van der Waals surface area contributed by atoms with Crippen molar-refractivity contribution in [3.05, 3.63) is 71.0 Å². The smallest absolute Gasteiger partial charge is 0.315 e. The molecule has 0 saturated carbocycles. The van der Waals surface area contributed by atoms with E-state index in [0.717, 1.165) is 11.1 Å². The van der Waals surface area contributed by atoms with E-state index in [2.05, 4.69) is 21.3 Å². The van der Waals surface area contributed by atoms with Gasteiger partial charge in [0.2, 0.25) is 11.8 Å². The van der Waals surface area contributed by atoms with Crippen LogP contribution in [-0.4, -0.2) is 36.8 Å². The summed E-state index contributed by atoms with van der Waals surface area (Å²) in [6, 6.07) is 11.6. The number of amides is 5. The summed E-state index contributed by atoms with van der Waals surface area (Å²) in [6.07, 6.45) is 0. The number of urea groups is 1. The van der Waals surface area contributed by atoms with E-state index in [4.69, 9.17) is 5.73 Å². The third-order valence-electron chi connectivity index (χ3n) is 3.90. The van der Waals surface area contributed by atoms with Crippen molar-refractivity contribution < 1.29 is 23.6 Å². The second-order valence-electron chi connectivity index (χ2n) is 6.29. The molecule has 0 aliphatic rings. The molecule has 10 heteroatoms. The Bertz CT molecular complexity index is 900. The molecule has 0 aliphatic carbocycles. The Morgan fingerprint density at radius 1 is 0.733 bits per heavy atom. The minimum absolute atomic E-state index is 0.201. The normalized spacial score (nSPS) is 10.0. The lowest BCUT2D eigenvalue weighted by atomic mass is 10.1. The van der Waals surface area contributed by atoms with Crippen LogP contribution in [0.4, 0.5) is 9.18 Å². The first-order chi connectivity index (χ1) is 14.3. The minimum atomic E-state index is -0.638. The number of primary amides is 1. The molecule has 9 nitrogen and oxygen atoms in total. The fourth-order valence-electron chi connectivity index (χ4n) is 2.31. The number of nitrogens with two attached hydrogens (primary N) is 1. The average Bonchev–Trinajstić information content (AvgIpc) is 2.74. The molecule has 0 unspecified atom stereocenters. The molecule has 0 atom stereocenters. The Hall–Kier alpha value is -3.95. The van der Waals surface area contributed by atoms with Gasteiger partial charge in [0.15, 0.2) is 0 Å². The molecule has 2 aromatic carbocycles. The molecule has 158 valence electrons. The molecule has 2 aromatic rings. The molecule has 0 aromatic heterocycles. The van der Waals surface area contributed by atoms with Crippen molar-refractivity contribution in [1.82, 2.24) is 21.3 Å². The second-order valence-corrected chi connectivity index (χ2v) is 6.29. The number of hydrogen-bond donors (Lipinski definition) is 5. The maximum absolute atomic E-state index is 12.8. The Kier molecular flexibility index (Phi) is 8.30. The number of carbonyl (C=O) groups is 4. The van der Waals surface area contributed by atoms with Crippen LogP contribution < -0.4 is 27.0 Å². The maximum atomic E-state index is 12.8. The van der Waals surface area contributed by atoms with Crippen molar-refractivity contribution in [2.75, 3.05) is 13.1 Å². The Balaban J connectivity index is 1.67. The maximum Gasteiger partial charge on any atom is 0.315 e. The van der Waals surface area contributed by atoms with Crippen molar-refractivity contribution in [3.8, 4) is 0 Å². The Morgan fingerprint density at radius 3 is 1.90 bits per heavy atom. The SMILES string of the molecule is NC(=O)CNC(=O)c1ccc(CNC(=O)CNC(=O)NCc2ccc(F)cc2)cc1. The molecule has 2 rings (SSSR count). The van der Waals surface area contributed by atoms with Crippen molar-refractivity contribution in [2.45, 2.75) is 13.1 Å². The zero-order valence-electron chi connectivity index (χ0n) is 16.0. The number of rotatable bonds is 9. The summed E-state index contributed by atoms with van der Waals surface area (Å²) in [5.41, 5.74) is 6.79. The van der Waals surface area contributed by atoms with Crippen LogP contribution in [-0.2, 0) is 22.7 Å². The van der Waals surface area contributed by atoms with Gasteiger partial charge in [0.05, 0.1) is 13.1 Å². The molecule has 6 N–H and O–H groups in total. The van der Waals surface area contributed by atoms with E-state index in [0.29, 0.717) is 5.56 Å². The topological polar surface area (TPSA) is 142 Å². The van der Waals surface area contributed by atoms with E-state index in [1.807, 2.05) is 0 Å². The van der Waals surface area contributed by atoms with Crippen LogP contribution in [0.5, 0.6) is 0 Å². The molecular weight excluding hydrogens is 393 g/mol. The molecule has 0 bridgehead atoms. The second kappa shape index (κ2) is 11.1. The van der Waals surface area contributed by atoms with Crippen LogP contribution in [0.15, 0.2) is 48.5 Å². The van der Waals surface area contributed by atoms with Gasteiger partial charge in [-0.15, -0.1) is 0 Å². The van der Waals surface area contributed by atoms with Crippen LogP contribution in [0.25, 0.3) is 0 Å². The van der Waals surface area contributed by atoms with Gasteiger partial charge in [-0.25, -0.2) is 9.18 Å². The van der Waals surface area contributed by atoms with Gasteiger partial charge >= 0.3 is 6.03 Å². The number of benzene rings is 2. The van der Waals surface area contributed by atoms with Gasteiger partial charge in [-0.3, -0.25) is 14.4 Å². The first-order valence-corrected chi connectivity index (χ1v) is 9.02. The largest absolute Gasteiger partial charge is 0.368 e. The van der Waals surface area contributed by atoms with Gasteiger partial charge < -0.3 is 27.0 Å².